The van der Waals surface area contributed by atoms with Crippen molar-refractivity contribution in [2.24, 2.45) is 52.3 Å². The summed E-state index contributed by atoms with van der Waals surface area (Å²) in [6.45, 7) is 14.9. The van der Waals surface area contributed by atoms with E-state index >= 15 is 0 Å². The SMILES string of the molecule is CC(C)[C@@H](C)CC[C@@H](C)[C@H]1CC[C@H]2[C@@H]3C=CC4=CC(=O)CC[C@]4(C)[C@H]3CC[C@]12C. The maximum absolute atomic E-state index is 12.0. The Morgan fingerprint density at radius 2 is 1.76 bits per heavy atom. The second-order valence-electron chi connectivity index (χ2n) is 12.1. The highest BCUT2D eigenvalue weighted by atomic mass is 16.1. The number of carbonyl (C=O) groups excluding carboxylic acids is 1. The van der Waals surface area contributed by atoms with Crippen LogP contribution in [0.15, 0.2) is 23.8 Å². The van der Waals surface area contributed by atoms with Crippen molar-refractivity contribution in [2.75, 3.05) is 0 Å². The van der Waals surface area contributed by atoms with E-state index in [1.807, 2.05) is 6.08 Å². The van der Waals surface area contributed by atoms with Crippen LogP contribution in [-0.2, 0) is 4.79 Å². The summed E-state index contributed by atoms with van der Waals surface area (Å²) < 4.78 is 0. The number of hydrogen-bond donors (Lipinski definition) is 0. The molecule has 0 aromatic rings. The Bertz CT molecular complexity index is 699. The van der Waals surface area contributed by atoms with Gasteiger partial charge in [0.15, 0.2) is 5.78 Å². The molecule has 0 spiro atoms. The third kappa shape index (κ3) is 3.49. The van der Waals surface area contributed by atoms with Crippen molar-refractivity contribution in [3.8, 4) is 0 Å². The molecule has 8 atom stereocenters. The van der Waals surface area contributed by atoms with Gasteiger partial charge in [-0.05, 0) is 96.0 Å². The lowest BCUT2D eigenvalue weighted by atomic mass is 9.48. The van der Waals surface area contributed by atoms with Gasteiger partial charge in [-0.1, -0.05) is 66.5 Å². The molecule has 2 fully saturated rings. The Hall–Kier alpha value is -0.850. The molecule has 0 bridgehead atoms. The van der Waals surface area contributed by atoms with E-state index in [9.17, 15) is 4.79 Å². The molecule has 0 saturated heterocycles. The minimum Gasteiger partial charge on any atom is -0.295 e. The van der Waals surface area contributed by atoms with Gasteiger partial charge in [0.05, 0.1) is 0 Å². The first kappa shape index (κ1) is 21.4. The van der Waals surface area contributed by atoms with E-state index in [0.29, 0.717) is 11.2 Å². The maximum atomic E-state index is 12.0. The van der Waals surface area contributed by atoms with Crippen molar-refractivity contribution >= 4 is 5.78 Å². The molecule has 162 valence electrons. The van der Waals surface area contributed by atoms with Gasteiger partial charge in [-0.2, -0.15) is 0 Å². The minimum absolute atomic E-state index is 0.241. The molecule has 1 heteroatoms. The van der Waals surface area contributed by atoms with E-state index in [-0.39, 0.29) is 5.41 Å². The summed E-state index contributed by atoms with van der Waals surface area (Å²) in [5.41, 5.74) is 2.10. The molecular formula is C28H44O. The predicted molar refractivity (Wildman–Crippen MR) is 123 cm³/mol. The first-order valence-electron chi connectivity index (χ1n) is 12.6. The molecule has 0 aliphatic heterocycles. The van der Waals surface area contributed by atoms with Gasteiger partial charge in [0.2, 0.25) is 0 Å². The molecule has 0 aromatic carbocycles. The highest BCUT2D eigenvalue weighted by Gasteiger charge is 2.58. The van der Waals surface area contributed by atoms with Crippen LogP contribution in [0.25, 0.3) is 0 Å². The Balaban J connectivity index is 1.52. The Kier molecular flexibility index (Phi) is 5.67. The number of ketones is 1. The summed E-state index contributed by atoms with van der Waals surface area (Å²) in [5.74, 6) is 6.08. The van der Waals surface area contributed by atoms with Gasteiger partial charge < -0.3 is 0 Å². The minimum atomic E-state index is 0.241. The standard InChI is InChI=1S/C28H44O/c1-18(2)19(3)7-8-20(4)24-11-12-25-23-10-9-21-17-22(29)13-15-27(21,5)26(23)14-16-28(24,25)6/h9-10,17-20,23-26H,7-8,11-16H2,1-6H3/t19-,20+,23-,24+,25-,26-,27-,28+/m0/s1. The highest BCUT2D eigenvalue weighted by Crippen LogP contribution is 2.66. The van der Waals surface area contributed by atoms with Crippen molar-refractivity contribution < 1.29 is 4.79 Å². The van der Waals surface area contributed by atoms with Gasteiger partial charge in [0.25, 0.3) is 0 Å². The Labute approximate surface area is 179 Å². The van der Waals surface area contributed by atoms with Crippen molar-refractivity contribution in [1.29, 1.82) is 0 Å². The molecular weight excluding hydrogens is 352 g/mol. The number of allylic oxidation sites excluding steroid dienone is 4. The third-order valence-corrected chi connectivity index (χ3v) is 10.5. The van der Waals surface area contributed by atoms with Crippen LogP contribution in [0.1, 0.15) is 92.9 Å². The largest absolute Gasteiger partial charge is 0.295 e. The van der Waals surface area contributed by atoms with Gasteiger partial charge in [-0.15, -0.1) is 0 Å². The zero-order valence-electron chi connectivity index (χ0n) is 19.8. The lowest BCUT2D eigenvalue weighted by Gasteiger charge is -2.56. The van der Waals surface area contributed by atoms with Gasteiger partial charge in [0, 0.05) is 6.42 Å². The van der Waals surface area contributed by atoms with Gasteiger partial charge >= 0.3 is 0 Å². The lowest BCUT2D eigenvalue weighted by Crippen LogP contribution is -2.49. The maximum Gasteiger partial charge on any atom is 0.156 e. The average molecular weight is 397 g/mol. The molecule has 29 heavy (non-hydrogen) atoms. The molecule has 4 aliphatic carbocycles. The van der Waals surface area contributed by atoms with Crippen LogP contribution in [0.2, 0.25) is 0 Å². The second-order valence-corrected chi connectivity index (χ2v) is 12.1. The Morgan fingerprint density at radius 3 is 2.48 bits per heavy atom. The first-order chi connectivity index (χ1) is 13.7. The van der Waals surface area contributed by atoms with Crippen molar-refractivity contribution in [1.82, 2.24) is 0 Å². The van der Waals surface area contributed by atoms with Crippen LogP contribution >= 0.6 is 0 Å². The fourth-order valence-corrected chi connectivity index (χ4v) is 8.03. The van der Waals surface area contributed by atoms with Crippen molar-refractivity contribution in [2.45, 2.75) is 92.9 Å². The van der Waals surface area contributed by atoms with Gasteiger partial charge in [-0.3, -0.25) is 4.79 Å². The van der Waals surface area contributed by atoms with Crippen LogP contribution in [0.3, 0.4) is 0 Å². The highest BCUT2D eigenvalue weighted by molar-refractivity contribution is 5.92. The molecule has 0 N–H and O–H groups in total. The fraction of sp³-hybridized carbons (Fsp3) is 0.821. The number of hydrogen-bond acceptors (Lipinski definition) is 1. The van der Waals surface area contributed by atoms with Gasteiger partial charge in [0.1, 0.15) is 0 Å². The molecule has 0 unspecified atom stereocenters. The van der Waals surface area contributed by atoms with E-state index < -0.39 is 0 Å². The monoisotopic (exact) mass is 396 g/mol. The average Bonchev–Trinajstić information content (AvgIpc) is 3.03. The van der Waals surface area contributed by atoms with E-state index in [0.717, 1.165) is 54.3 Å². The normalized spacial score (nSPS) is 43.4. The molecule has 0 heterocycles. The van der Waals surface area contributed by atoms with Crippen molar-refractivity contribution in [3.05, 3.63) is 23.8 Å². The number of fused-ring (bicyclic) bond motifs is 5. The zero-order valence-corrected chi connectivity index (χ0v) is 19.8. The molecule has 0 radical (unpaired) electrons. The molecule has 0 amide bonds. The molecule has 1 nitrogen and oxygen atoms in total. The van der Waals surface area contributed by atoms with E-state index in [1.54, 1.807) is 0 Å². The van der Waals surface area contributed by atoms with E-state index in [2.05, 4.69) is 53.7 Å². The van der Waals surface area contributed by atoms with Crippen molar-refractivity contribution in [3.63, 3.8) is 0 Å². The Morgan fingerprint density at radius 1 is 1.00 bits per heavy atom. The van der Waals surface area contributed by atoms with Gasteiger partial charge in [-0.25, -0.2) is 0 Å². The molecule has 0 aromatic heterocycles. The summed E-state index contributed by atoms with van der Waals surface area (Å²) >= 11 is 0. The summed E-state index contributed by atoms with van der Waals surface area (Å²) in [5, 5.41) is 0. The molecule has 2 saturated carbocycles. The van der Waals surface area contributed by atoms with Crippen LogP contribution in [0.4, 0.5) is 0 Å². The smallest absolute Gasteiger partial charge is 0.156 e. The molecule has 4 rings (SSSR count). The van der Waals surface area contributed by atoms with E-state index in [4.69, 9.17) is 0 Å². The van der Waals surface area contributed by atoms with Crippen LogP contribution < -0.4 is 0 Å². The summed E-state index contributed by atoms with van der Waals surface area (Å²) in [6, 6.07) is 0. The third-order valence-electron chi connectivity index (χ3n) is 10.5. The van der Waals surface area contributed by atoms with E-state index in [1.165, 1.54) is 44.1 Å². The van der Waals surface area contributed by atoms with Crippen LogP contribution in [0.5, 0.6) is 0 Å². The predicted octanol–water partition coefficient (Wildman–Crippen LogP) is 7.62. The lowest BCUT2D eigenvalue weighted by molar-refractivity contribution is -0.116. The molecule has 4 aliphatic rings. The zero-order chi connectivity index (χ0) is 21.0. The summed E-state index contributed by atoms with van der Waals surface area (Å²) in [7, 11) is 0. The van der Waals surface area contributed by atoms with Crippen LogP contribution in [0, 0.1) is 52.3 Å². The quantitative estimate of drug-likeness (QED) is 0.467. The topological polar surface area (TPSA) is 17.1 Å². The first-order valence-corrected chi connectivity index (χ1v) is 12.6. The summed E-state index contributed by atoms with van der Waals surface area (Å²) in [4.78, 5) is 12.0. The number of rotatable bonds is 5. The number of carbonyl (C=O) groups is 1. The fourth-order valence-electron chi connectivity index (χ4n) is 8.03. The summed E-state index contributed by atoms with van der Waals surface area (Å²) in [6.07, 6.45) is 17.1. The van der Waals surface area contributed by atoms with Crippen LogP contribution in [-0.4, -0.2) is 5.78 Å². The second kappa shape index (κ2) is 7.69.